The number of amides is 1. The maximum atomic E-state index is 14.2. The fraction of sp³-hybridized carbons (Fsp3) is 0.409. The molecule has 3 N–H and O–H groups in total. The van der Waals surface area contributed by atoms with Crippen molar-refractivity contribution < 1.29 is 30.8 Å². The number of halogens is 4. The molecule has 11 heteroatoms. The van der Waals surface area contributed by atoms with Crippen LogP contribution in [-0.4, -0.2) is 39.5 Å². The van der Waals surface area contributed by atoms with E-state index in [4.69, 9.17) is 0 Å². The highest BCUT2D eigenvalue weighted by molar-refractivity contribution is 7.91. The first kappa shape index (κ1) is 23.7. The van der Waals surface area contributed by atoms with Crippen LogP contribution < -0.4 is 16.0 Å². The maximum Gasteiger partial charge on any atom is 0.416 e. The number of alkyl halides is 3. The molecule has 1 amide bonds. The van der Waals surface area contributed by atoms with Crippen LogP contribution in [0.1, 0.15) is 24.0 Å². The molecule has 2 saturated heterocycles. The standard InChI is InChI=1S/C22H23F4N3O3S/c23-17-10-15(22(24,25)26)3-6-20(17)33(31,32)16-4-1-13(2-5-16)11-28-21(30)19-9-14-12-27-8-7-18(14)29-19/h1-6,10,14,18-19,27,29H,7-9,11-12H2,(H,28,30). The van der Waals surface area contributed by atoms with E-state index in [9.17, 15) is 30.8 Å². The molecule has 2 aromatic rings. The summed E-state index contributed by atoms with van der Waals surface area (Å²) in [5, 5.41) is 9.51. The van der Waals surface area contributed by atoms with E-state index in [1.54, 1.807) is 0 Å². The second-order valence-corrected chi connectivity index (χ2v) is 10.2. The zero-order chi connectivity index (χ0) is 23.8. The minimum absolute atomic E-state index is 0.132. The molecule has 6 nitrogen and oxygen atoms in total. The van der Waals surface area contributed by atoms with E-state index >= 15 is 0 Å². The van der Waals surface area contributed by atoms with Gasteiger partial charge in [0.15, 0.2) is 0 Å². The summed E-state index contributed by atoms with van der Waals surface area (Å²) in [5.74, 6) is -1.18. The molecular formula is C22H23F4N3O3S. The first-order valence-electron chi connectivity index (χ1n) is 10.5. The first-order chi connectivity index (χ1) is 15.6. The second kappa shape index (κ2) is 9.03. The monoisotopic (exact) mass is 485 g/mol. The smallest absolute Gasteiger partial charge is 0.351 e. The Labute approximate surface area is 188 Å². The topological polar surface area (TPSA) is 87.3 Å². The normalized spacial score (nSPS) is 23.2. The lowest BCUT2D eigenvalue weighted by atomic mass is 9.94. The number of carbonyl (C=O) groups is 1. The predicted octanol–water partition coefficient (Wildman–Crippen LogP) is 2.63. The highest BCUT2D eigenvalue weighted by Gasteiger charge is 2.38. The number of sulfone groups is 1. The molecule has 178 valence electrons. The van der Waals surface area contributed by atoms with E-state index in [0.717, 1.165) is 25.9 Å². The number of benzene rings is 2. The zero-order valence-electron chi connectivity index (χ0n) is 17.5. The number of carbonyl (C=O) groups excluding carboxylic acids is 1. The van der Waals surface area contributed by atoms with Gasteiger partial charge in [-0.25, -0.2) is 12.8 Å². The minimum Gasteiger partial charge on any atom is -0.351 e. The quantitative estimate of drug-likeness (QED) is 0.567. The second-order valence-electron chi connectivity index (χ2n) is 8.32. The summed E-state index contributed by atoms with van der Waals surface area (Å²) in [6.45, 7) is 1.99. The molecule has 33 heavy (non-hydrogen) atoms. The highest BCUT2D eigenvalue weighted by atomic mass is 32.2. The Morgan fingerprint density at radius 1 is 1.12 bits per heavy atom. The third kappa shape index (κ3) is 5.04. The van der Waals surface area contributed by atoms with Gasteiger partial charge in [-0.1, -0.05) is 12.1 Å². The molecule has 0 aliphatic carbocycles. The largest absolute Gasteiger partial charge is 0.416 e. The molecule has 0 saturated carbocycles. The van der Waals surface area contributed by atoms with Crippen LogP contribution in [0, 0.1) is 11.7 Å². The van der Waals surface area contributed by atoms with Crippen molar-refractivity contribution in [1.82, 2.24) is 16.0 Å². The van der Waals surface area contributed by atoms with Crippen molar-refractivity contribution in [3.63, 3.8) is 0 Å². The molecule has 2 aromatic carbocycles. The number of hydrogen-bond acceptors (Lipinski definition) is 5. The molecular weight excluding hydrogens is 462 g/mol. The summed E-state index contributed by atoms with van der Waals surface area (Å²) in [7, 11) is -4.35. The summed E-state index contributed by atoms with van der Waals surface area (Å²) in [4.78, 5) is 11.4. The lowest BCUT2D eigenvalue weighted by Crippen LogP contribution is -2.45. The molecule has 4 rings (SSSR count). The molecule has 0 aromatic heterocycles. The SMILES string of the molecule is O=C(NCc1ccc(S(=O)(=O)c2ccc(C(F)(F)F)cc2F)cc1)C1CC2CNCCC2N1. The molecule has 0 bridgehead atoms. The Hall–Kier alpha value is -2.50. The number of fused-ring (bicyclic) bond motifs is 1. The number of piperidine rings is 1. The predicted molar refractivity (Wildman–Crippen MR) is 111 cm³/mol. The molecule has 2 aliphatic heterocycles. The van der Waals surface area contributed by atoms with Gasteiger partial charge in [-0.2, -0.15) is 13.2 Å². The van der Waals surface area contributed by atoms with Crippen LogP contribution in [0.2, 0.25) is 0 Å². The van der Waals surface area contributed by atoms with Gasteiger partial charge in [0, 0.05) is 12.6 Å². The third-order valence-electron chi connectivity index (χ3n) is 6.13. The summed E-state index contributed by atoms with van der Waals surface area (Å²) in [6.07, 6.45) is -3.05. The van der Waals surface area contributed by atoms with Gasteiger partial charge in [0.2, 0.25) is 15.7 Å². The molecule has 2 heterocycles. The van der Waals surface area contributed by atoms with Crippen molar-refractivity contribution in [2.75, 3.05) is 13.1 Å². The summed E-state index contributed by atoms with van der Waals surface area (Å²) in [5.41, 5.74) is -0.635. The zero-order valence-corrected chi connectivity index (χ0v) is 18.3. The van der Waals surface area contributed by atoms with E-state index in [1.807, 2.05) is 0 Å². The lowest BCUT2D eigenvalue weighted by molar-refractivity contribution is -0.137. The minimum atomic E-state index is -4.78. The lowest BCUT2D eigenvalue weighted by Gasteiger charge is -2.25. The van der Waals surface area contributed by atoms with Crippen LogP contribution in [-0.2, 0) is 27.4 Å². The molecule has 3 unspecified atom stereocenters. The van der Waals surface area contributed by atoms with Crippen molar-refractivity contribution in [3.05, 3.63) is 59.4 Å². The Kier molecular flexibility index (Phi) is 6.47. The van der Waals surface area contributed by atoms with Gasteiger partial charge in [-0.15, -0.1) is 0 Å². The molecule has 2 aliphatic rings. The maximum absolute atomic E-state index is 14.2. The van der Waals surface area contributed by atoms with Crippen molar-refractivity contribution >= 4 is 15.7 Å². The van der Waals surface area contributed by atoms with Crippen molar-refractivity contribution in [1.29, 1.82) is 0 Å². The third-order valence-corrected chi connectivity index (χ3v) is 7.93. The van der Waals surface area contributed by atoms with E-state index in [1.165, 1.54) is 24.3 Å². The van der Waals surface area contributed by atoms with Gasteiger partial charge in [-0.05, 0) is 67.7 Å². The van der Waals surface area contributed by atoms with Gasteiger partial charge < -0.3 is 16.0 Å². The van der Waals surface area contributed by atoms with Crippen LogP contribution in [0.25, 0.3) is 0 Å². The Morgan fingerprint density at radius 2 is 1.85 bits per heavy atom. The highest BCUT2D eigenvalue weighted by Crippen LogP contribution is 2.32. The number of nitrogens with one attached hydrogen (secondary N) is 3. The molecule has 0 spiro atoms. The Morgan fingerprint density at radius 3 is 2.48 bits per heavy atom. The van der Waals surface area contributed by atoms with Crippen LogP contribution in [0.3, 0.4) is 0 Å². The van der Waals surface area contributed by atoms with Crippen molar-refractivity contribution in [2.24, 2.45) is 5.92 Å². The number of hydrogen-bond donors (Lipinski definition) is 3. The van der Waals surface area contributed by atoms with Gasteiger partial charge in [0.25, 0.3) is 0 Å². The van der Waals surface area contributed by atoms with Crippen LogP contribution in [0.15, 0.2) is 52.3 Å². The summed E-state index contributed by atoms with van der Waals surface area (Å²) >= 11 is 0. The fourth-order valence-electron chi connectivity index (χ4n) is 4.32. The Bertz CT molecular complexity index is 1120. The average molecular weight is 486 g/mol. The number of rotatable bonds is 5. The molecule has 3 atom stereocenters. The summed E-state index contributed by atoms with van der Waals surface area (Å²) in [6, 6.07) is 6.79. The van der Waals surface area contributed by atoms with Crippen molar-refractivity contribution in [2.45, 2.75) is 47.4 Å². The van der Waals surface area contributed by atoms with Gasteiger partial charge in [0.1, 0.15) is 10.7 Å². The van der Waals surface area contributed by atoms with Crippen LogP contribution in [0.4, 0.5) is 17.6 Å². The van der Waals surface area contributed by atoms with E-state index in [-0.39, 0.29) is 29.5 Å². The van der Waals surface area contributed by atoms with E-state index in [0.29, 0.717) is 29.7 Å². The fourth-order valence-corrected chi connectivity index (χ4v) is 5.63. The van der Waals surface area contributed by atoms with Crippen molar-refractivity contribution in [3.8, 4) is 0 Å². The Balaban J connectivity index is 1.40. The average Bonchev–Trinajstić information content (AvgIpc) is 3.21. The summed E-state index contributed by atoms with van der Waals surface area (Å²) < 4.78 is 77.7. The van der Waals surface area contributed by atoms with Crippen LogP contribution >= 0.6 is 0 Å². The van der Waals surface area contributed by atoms with Crippen LogP contribution in [0.5, 0.6) is 0 Å². The van der Waals surface area contributed by atoms with E-state index in [2.05, 4.69) is 16.0 Å². The van der Waals surface area contributed by atoms with E-state index < -0.39 is 32.3 Å². The first-order valence-corrected chi connectivity index (χ1v) is 12.0. The van der Waals surface area contributed by atoms with Gasteiger partial charge in [0.05, 0.1) is 16.5 Å². The van der Waals surface area contributed by atoms with Gasteiger partial charge in [-0.3, -0.25) is 4.79 Å². The molecule has 0 radical (unpaired) electrons. The molecule has 2 fully saturated rings. The van der Waals surface area contributed by atoms with Gasteiger partial charge >= 0.3 is 6.18 Å².